The molecule has 1 amide bonds. The smallest absolute Gasteiger partial charge is 0.339 e. The Balaban J connectivity index is 2.16. The molecule has 1 aromatic carbocycles. The topological polar surface area (TPSA) is 84.0 Å². The highest BCUT2D eigenvalue weighted by Crippen LogP contribution is 2.20. The average Bonchev–Trinajstić information content (AvgIpc) is 2.90. The number of likely N-dealkylation sites (tertiary alicyclic amines) is 1. The summed E-state index contributed by atoms with van der Waals surface area (Å²) in [6.07, 6.45) is 3.20. The van der Waals surface area contributed by atoms with E-state index in [0.29, 0.717) is 18.7 Å². The Kier molecular flexibility index (Phi) is 7.00. The van der Waals surface area contributed by atoms with Gasteiger partial charge in [-0.25, -0.2) is 17.5 Å². The fourth-order valence-electron chi connectivity index (χ4n) is 3.01. The predicted molar refractivity (Wildman–Crippen MR) is 102 cm³/mol. The molecule has 1 atom stereocenters. The highest BCUT2D eigenvalue weighted by Gasteiger charge is 2.26. The molecule has 2 rings (SSSR count). The molecule has 1 aliphatic rings. The second kappa shape index (κ2) is 8.84. The molecule has 0 bridgehead atoms. The van der Waals surface area contributed by atoms with Gasteiger partial charge in [0.1, 0.15) is 0 Å². The number of hydrogen-bond acceptors (Lipinski definition) is 5. The van der Waals surface area contributed by atoms with Crippen LogP contribution >= 0.6 is 0 Å². The van der Waals surface area contributed by atoms with Crippen LogP contribution < -0.4 is 0 Å². The van der Waals surface area contributed by atoms with Crippen molar-refractivity contribution < 1.29 is 22.7 Å². The van der Waals surface area contributed by atoms with E-state index in [1.807, 2.05) is 0 Å². The number of rotatable bonds is 5. The normalized spacial score (nSPS) is 16.7. The van der Waals surface area contributed by atoms with E-state index in [9.17, 15) is 18.0 Å². The lowest BCUT2D eigenvalue weighted by Crippen LogP contribution is -2.40. The molecule has 8 heteroatoms. The minimum atomic E-state index is -3.67. The molecule has 0 aromatic heterocycles. The summed E-state index contributed by atoms with van der Waals surface area (Å²) in [5, 5.41) is 0. The van der Waals surface area contributed by atoms with Gasteiger partial charge in [0.2, 0.25) is 10.0 Å². The number of sulfonamides is 1. The zero-order valence-electron chi connectivity index (χ0n) is 16.4. The van der Waals surface area contributed by atoms with Crippen LogP contribution in [0.15, 0.2) is 23.1 Å². The molecule has 1 aromatic rings. The lowest BCUT2D eigenvalue weighted by Gasteiger charge is -2.24. The maximum absolute atomic E-state index is 12.6. The van der Waals surface area contributed by atoms with E-state index >= 15 is 0 Å². The van der Waals surface area contributed by atoms with Gasteiger partial charge in [0.05, 0.1) is 10.5 Å². The minimum Gasteiger partial charge on any atom is -0.449 e. The first kappa shape index (κ1) is 21.4. The van der Waals surface area contributed by atoms with Gasteiger partial charge in [0.25, 0.3) is 5.91 Å². The molecular formula is C19H28N2O5S. The molecule has 1 heterocycles. The van der Waals surface area contributed by atoms with Gasteiger partial charge < -0.3 is 9.64 Å². The first-order valence-corrected chi connectivity index (χ1v) is 10.6. The van der Waals surface area contributed by atoms with Gasteiger partial charge in [0, 0.05) is 27.2 Å². The zero-order valence-corrected chi connectivity index (χ0v) is 17.2. The number of hydrogen-bond donors (Lipinski definition) is 0. The summed E-state index contributed by atoms with van der Waals surface area (Å²) in [6, 6.07) is 4.32. The van der Waals surface area contributed by atoms with Crippen LogP contribution in [0.25, 0.3) is 0 Å². The van der Waals surface area contributed by atoms with Crippen molar-refractivity contribution in [2.24, 2.45) is 0 Å². The number of nitrogens with zero attached hydrogens (tertiary/aromatic N) is 2. The molecule has 0 unspecified atom stereocenters. The third kappa shape index (κ3) is 5.07. The summed E-state index contributed by atoms with van der Waals surface area (Å²) in [6.45, 7) is 4.61. The molecule has 0 radical (unpaired) electrons. The number of carbonyl (C=O) groups is 2. The quantitative estimate of drug-likeness (QED) is 0.713. The first-order chi connectivity index (χ1) is 12.6. The number of benzene rings is 1. The maximum Gasteiger partial charge on any atom is 0.339 e. The molecule has 7 nitrogen and oxygen atoms in total. The summed E-state index contributed by atoms with van der Waals surface area (Å²) in [7, 11) is -0.814. The Labute approximate surface area is 161 Å². The Morgan fingerprint density at radius 3 is 2.26 bits per heavy atom. The monoisotopic (exact) mass is 396 g/mol. The van der Waals surface area contributed by atoms with Crippen LogP contribution in [0.4, 0.5) is 0 Å². The number of amides is 1. The van der Waals surface area contributed by atoms with Crippen molar-refractivity contribution in [3.05, 3.63) is 29.3 Å². The van der Waals surface area contributed by atoms with Crippen molar-refractivity contribution >= 4 is 21.9 Å². The van der Waals surface area contributed by atoms with E-state index in [2.05, 4.69) is 0 Å². The van der Waals surface area contributed by atoms with E-state index < -0.39 is 22.1 Å². The van der Waals surface area contributed by atoms with Gasteiger partial charge in [-0.3, -0.25) is 4.79 Å². The number of esters is 1. The van der Waals surface area contributed by atoms with Crippen molar-refractivity contribution in [1.82, 2.24) is 9.21 Å². The van der Waals surface area contributed by atoms with Crippen LogP contribution in [-0.2, 0) is 19.6 Å². The van der Waals surface area contributed by atoms with Gasteiger partial charge >= 0.3 is 5.97 Å². The minimum absolute atomic E-state index is 0.0107. The summed E-state index contributed by atoms with van der Waals surface area (Å²) in [5.41, 5.74) is 0.737. The fraction of sp³-hybridized carbons (Fsp3) is 0.579. The number of aryl methyl sites for hydroxylation is 1. The van der Waals surface area contributed by atoms with Crippen LogP contribution in [-0.4, -0.2) is 62.8 Å². The van der Waals surface area contributed by atoms with E-state index in [1.165, 1.54) is 26.2 Å². The molecule has 0 aliphatic carbocycles. The third-order valence-corrected chi connectivity index (χ3v) is 6.57. The molecule has 0 N–H and O–H groups in total. The van der Waals surface area contributed by atoms with E-state index in [1.54, 1.807) is 24.8 Å². The molecule has 27 heavy (non-hydrogen) atoms. The van der Waals surface area contributed by atoms with Crippen molar-refractivity contribution in [2.45, 2.75) is 50.5 Å². The largest absolute Gasteiger partial charge is 0.449 e. The first-order valence-electron chi connectivity index (χ1n) is 9.17. The van der Waals surface area contributed by atoms with Crippen molar-refractivity contribution in [1.29, 1.82) is 0 Å². The van der Waals surface area contributed by atoms with Gasteiger partial charge in [-0.1, -0.05) is 18.9 Å². The van der Waals surface area contributed by atoms with Crippen molar-refractivity contribution in [3.63, 3.8) is 0 Å². The molecule has 1 fully saturated rings. The second-order valence-corrected chi connectivity index (χ2v) is 9.20. The van der Waals surface area contributed by atoms with E-state index in [-0.39, 0.29) is 16.4 Å². The zero-order chi connectivity index (χ0) is 20.2. The molecule has 1 saturated heterocycles. The van der Waals surface area contributed by atoms with Crippen LogP contribution in [0.3, 0.4) is 0 Å². The number of carbonyl (C=O) groups excluding carboxylic acids is 2. The summed E-state index contributed by atoms with van der Waals surface area (Å²) >= 11 is 0. The van der Waals surface area contributed by atoms with Crippen LogP contribution in [0.1, 0.15) is 48.5 Å². The van der Waals surface area contributed by atoms with Crippen LogP contribution in [0.2, 0.25) is 0 Å². The van der Waals surface area contributed by atoms with E-state index in [4.69, 9.17) is 4.74 Å². The third-order valence-electron chi connectivity index (χ3n) is 4.76. The van der Waals surface area contributed by atoms with Gasteiger partial charge in [-0.05, 0) is 44.4 Å². The average molecular weight is 397 g/mol. The molecular weight excluding hydrogens is 368 g/mol. The van der Waals surface area contributed by atoms with Crippen LogP contribution in [0.5, 0.6) is 0 Å². The van der Waals surface area contributed by atoms with Gasteiger partial charge in [-0.2, -0.15) is 0 Å². The van der Waals surface area contributed by atoms with Crippen LogP contribution in [0, 0.1) is 6.92 Å². The molecule has 0 saturated carbocycles. The van der Waals surface area contributed by atoms with Gasteiger partial charge in [0.15, 0.2) is 6.10 Å². The van der Waals surface area contributed by atoms with E-state index in [0.717, 1.165) is 30.0 Å². The standard InChI is InChI=1S/C19H28N2O5S/c1-14-9-10-16(27(24,25)20(3)4)13-17(14)19(23)26-15(2)18(22)21-11-7-5-6-8-12-21/h9-10,13,15H,5-8,11-12H2,1-4H3/t15-/m1/s1. The fourth-order valence-corrected chi connectivity index (χ4v) is 3.94. The predicted octanol–water partition coefficient (Wildman–Crippen LogP) is 2.19. The molecule has 150 valence electrons. The summed E-state index contributed by atoms with van der Waals surface area (Å²) < 4.78 is 31.0. The maximum atomic E-state index is 12.6. The summed E-state index contributed by atoms with van der Waals surface area (Å²) in [5.74, 6) is -0.904. The Bertz CT molecular complexity index is 796. The highest BCUT2D eigenvalue weighted by atomic mass is 32.2. The van der Waals surface area contributed by atoms with Gasteiger partial charge in [-0.15, -0.1) is 0 Å². The van der Waals surface area contributed by atoms with Crippen molar-refractivity contribution in [3.8, 4) is 0 Å². The Morgan fingerprint density at radius 1 is 1.11 bits per heavy atom. The lowest BCUT2D eigenvalue weighted by atomic mass is 10.1. The molecule has 1 aliphatic heterocycles. The van der Waals surface area contributed by atoms with Crippen molar-refractivity contribution in [2.75, 3.05) is 27.2 Å². The Hall–Kier alpha value is -1.93. The second-order valence-electron chi connectivity index (χ2n) is 7.05. The number of ether oxygens (including phenoxy) is 1. The lowest BCUT2D eigenvalue weighted by molar-refractivity contribution is -0.139. The Morgan fingerprint density at radius 2 is 1.70 bits per heavy atom. The summed E-state index contributed by atoms with van der Waals surface area (Å²) in [4.78, 5) is 26.9. The molecule has 0 spiro atoms. The SMILES string of the molecule is Cc1ccc(S(=O)(=O)N(C)C)cc1C(=O)O[C@H](C)C(=O)N1CCCCCC1. The highest BCUT2D eigenvalue weighted by molar-refractivity contribution is 7.89.